The maximum absolute atomic E-state index is 13.6. The van der Waals surface area contributed by atoms with E-state index in [4.69, 9.17) is 9.98 Å². The van der Waals surface area contributed by atoms with Crippen molar-refractivity contribution in [1.29, 1.82) is 0 Å². The lowest BCUT2D eigenvalue weighted by atomic mass is 9.92. The Balaban J connectivity index is 1.27. The van der Waals surface area contributed by atoms with E-state index in [1.807, 2.05) is 37.3 Å². The number of thiophene rings is 1. The Morgan fingerprint density at radius 1 is 1.10 bits per heavy atom. The summed E-state index contributed by atoms with van der Waals surface area (Å²) in [5.41, 5.74) is 11.5. The summed E-state index contributed by atoms with van der Waals surface area (Å²) in [6, 6.07) is 20.3. The molecule has 1 unspecified atom stereocenters. The van der Waals surface area contributed by atoms with Gasteiger partial charge in [-0.25, -0.2) is 13.4 Å². The van der Waals surface area contributed by atoms with Gasteiger partial charge >= 0.3 is 0 Å². The number of allylic oxidation sites excluding steroid dienone is 3. The van der Waals surface area contributed by atoms with Crippen LogP contribution < -0.4 is 0 Å². The Morgan fingerprint density at radius 2 is 1.90 bits per heavy atom. The first-order chi connectivity index (χ1) is 19.8. The van der Waals surface area contributed by atoms with Gasteiger partial charge in [0, 0.05) is 32.0 Å². The van der Waals surface area contributed by atoms with Gasteiger partial charge in [0.2, 0.25) is 9.84 Å². The first-order valence-electron chi connectivity index (χ1n) is 14.1. The van der Waals surface area contributed by atoms with E-state index in [0.29, 0.717) is 15.5 Å². The first kappa shape index (κ1) is 27.3. The summed E-state index contributed by atoms with van der Waals surface area (Å²) < 4.78 is 28.6. The molecule has 206 valence electrons. The standard InChI is InChI=1S/C35H32N2O2S2/c1-4-25-14-16-27(17-15-25)32-22-31-30(23(2)37-32)12-8-20-36-35(31)28-11-7-10-26(18-19-28)24(3)41(38,39)34-21-29-9-5-6-13-33(29)40-34/h5-6,9,11-17,20-22,26H,3-4,7,10,18-19H2,1-2H3. The maximum Gasteiger partial charge on any atom is 0.211 e. The molecule has 6 rings (SSSR count). The topological polar surface area (TPSA) is 59.4 Å². The smallest absolute Gasteiger partial charge is 0.211 e. The van der Waals surface area contributed by atoms with Crippen molar-refractivity contribution in [3.63, 3.8) is 0 Å². The zero-order chi connectivity index (χ0) is 28.6. The predicted molar refractivity (Wildman–Crippen MR) is 171 cm³/mol. The summed E-state index contributed by atoms with van der Waals surface area (Å²) >= 11 is 1.32. The van der Waals surface area contributed by atoms with Crippen molar-refractivity contribution in [1.82, 2.24) is 4.98 Å². The molecule has 2 aromatic heterocycles. The van der Waals surface area contributed by atoms with E-state index in [1.54, 1.807) is 12.3 Å². The molecule has 0 saturated carbocycles. The number of hydrogen-bond donors (Lipinski definition) is 0. The molecule has 6 heteroatoms. The lowest BCUT2D eigenvalue weighted by molar-refractivity contribution is 0.541. The van der Waals surface area contributed by atoms with E-state index in [9.17, 15) is 8.42 Å². The van der Waals surface area contributed by atoms with Gasteiger partial charge in [-0.1, -0.05) is 62.0 Å². The normalized spacial score (nSPS) is 17.0. The third kappa shape index (κ3) is 5.31. The van der Waals surface area contributed by atoms with Gasteiger partial charge in [0.15, 0.2) is 0 Å². The Kier molecular flexibility index (Phi) is 7.48. The van der Waals surface area contributed by atoms with Crippen molar-refractivity contribution in [3.05, 3.63) is 118 Å². The Hall–Kier alpha value is -3.83. The molecule has 4 nitrogen and oxygen atoms in total. The fourth-order valence-electron chi connectivity index (χ4n) is 5.68. The van der Waals surface area contributed by atoms with Crippen LogP contribution in [0.1, 0.15) is 55.0 Å². The van der Waals surface area contributed by atoms with Crippen LogP contribution >= 0.6 is 11.3 Å². The number of fused-ring (bicyclic) bond motifs is 2. The molecule has 1 atom stereocenters. The second-order valence-corrected chi connectivity index (χ2v) is 14.0. The lowest BCUT2D eigenvalue weighted by Crippen LogP contribution is -2.13. The van der Waals surface area contributed by atoms with Gasteiger partial charge in [0.1, 0.15) is 4.21 Å². The van der Waals surface area contributed by atoms with Crippen molar-refractivity contribution >= 4 is 43.0 Å². The molecule has 0 N–H and O–H groups in total. The Morgan fingerprint density at radius 3 is 2.68 bits per heavy atom. The maximum atomic E-state index is 13.6. The third-order valence-corrected chi connectivity index (χ3v) is 11.6. The number of aryl methyl sites for hydroxylation is 2. The van der Waals surface area contributed by atoms with Crippen LogP contribution in [0.2, 0.25) is 0 Å². The number of sulfone groups is 1. The second-order valence-electron chi connectivity index (χ2n) is 10.6. The number of hydrogen-bond acceptors (Lipinski definition) is 5. The quantitative estimate of drug-likeness (QED) is 0.215. The van der Waals surface area contributed by atoms with Crippen molar-refractivity contribution in [2.45, 2.75) is 50.2 Å². The zero-order valence-corrected chi connectivity index (χ0v) is 25.0. The van der Waals surface area contributed by atoms with Gasteiger partial charge in [-0.05, 0) is 85.7 Å². The van der Waals surface area contributed by atoms with Crippen LogP contribution in [0.25, 0.3) is 27.4 Å². The van der Waals surface area contributed by atoms with Crippen LogP contribution in [-0.4, -0.2) is 19.1 Å². The molecule has 1 aliphatic carbocycles. The van der Waals surface area contributed by atoms with Gasteiger partial charge < -0.3 is 0 Å². The van der Waals surface area contributed by atoms with Crippen LogP contribution in [0.15, 0.2) is 105 Å². The molecular formula is C35H32N2O2S2. The van der Waals surface area contributed by atoms with E-state index in [0.717, 1.165) is 75.1 Å². The largest absolute Gasteiger partial charge is 0.252 e. The summed E-state index contributed by atoms with van der Waals surface area (Å²) in [6.07, 6.45) is 9.84. The first-order valence-corrected chi connectivity index (χ1v) is 16.4. The molecule has 0 radical (unpaired) electrons. The van der Waals surface area contributed by atoms with Crippen molar-refractivity contribution < 1.29 is 8.42 Å². The summed E-state index contributed by atoms with van der Waals surface area (Å²) in [5, 5.41) is 0.950. The average Bonchev–Trinajstić information content (AvgIpc) is 3.13. The van der Waals surface area contributed by atoms with E-state index in [-0.39, 0.29) is 5.92 Å². The molecule has 4 aromatic rings. The van der Waals surface area contributed by atoms with E-state index < -0.39 is 9.84 Å². The summed E-state index contributed by atoms with van der Waals surface area (Å²) in [5.74, 6) is -0.120. The van der Waals surface area contributed by atoms with Crippen molar-refractivity contribution in [3.8, 4) is 11.3 Å². The zero-order valence-electron chi connectivity index (χ0n) is 23.4. The highest BCUT2D eigenvalue weighted by Crippen LogP contribution is 2.39. The molecule has 3 heterocycles. The van der Waals surface area contributed by atoms with E-state index >= 15 is 0 Å². The van der Waals surface area contributed by atoms with Crippen LogP contribution in [0.5, 0.6) is 0 Å². The minimum Gasteiger partial charge on any atom is -0.252 e. The molecule has 0 amide bonds. The van der Waals surface area contributed by atoms with Crippen molar-refractivity contribution in [2.75, 3.05) is 0 Å². The molecule has 0 spiro atoms. The molecule has 2 aromatic carbocycles. The highest BCUT2D eigenvalue weighted by Gasteiger charge is 2.30. The van der Waals surface area contributed by atoms with Crippen LogP contribution in [0, 0.1) is 12.8 Å². The number of aromatic nitrogens is 1. The van der Waals surface area contributed by atoms with Crippen molar-refractivity contribution in [2.24, 2.45) is 10.9 Å². The van der Waals surface area contributed by atoms with E-state index in [1.165, 1.54) is 16.9 Å². The number of rotatable bonds is 6. The number of aliphatic imine (C=N–C) groups is 1. The van der Waals surface area contributed by atoms with Gasteiger partial charge in [-0.2, -0.15) is 0 Å². The SMILES string of the molecule is C=C(C1CCC=C(C2=NC=C=Cc3c2cc(-c2ccc(CC)cc2)nc3C)CC1)S(=O)(=O)c1cc2ccccc2s1. The Labute approximate surface area is 246 Å². The highest BCUT2D eigenvalue weighted by molar-refractivity contribution is 7.97. The van der Waals surface area contributed by atoms with Gasteiger partial charge in [-0.15, -0.1) is 17.1 Å². The fraction of sp³-hybridized carbons (Fsp3) is 0.229. The summed E-state index contributed by atoms with van der Waals surface area (Å²) in [4.78, 5) is 10.1. The minimum absolute atomic E-state index is 0.120. The fourth-order valence-corrected chi connectivity index (χ4v) is 8.72. The minimum atomic E-state index is -3.62. The second kappa shape index (κ2) is 11.2. The highest BCUT2D eigenvalue weighted by atomic mass is 32.2. The van der Waals surface area contributed by atoms with Gasteiger partial charge in [0.05, 0.1) is 17.6 Å². The van der Waals surface area contributed by atoms with E-state index in [2.05, 4.69) is 55.6 Å². The molecule has 41 heavy (non-hydrogen) atoms. The predicted octanol–water partition coefficient (Wildman–Crippen LogP) is 8.87. The van der Waals surface area contributed by atoms with Gasteiger partial charge in [0.25, 0.3) is 0 Å². The monoisotopic (exact) mass is 576 g/mol. The molecule has 1 aliphatic heterocycles. The lowest BCUT2D eigenvalue weighted by Gasteiger charge is -2.18. The molecular weight excluding hydrogens is 545 g/mol. The molecule has 0 fully saturated rings. The number of nitrogens with zero attached hydrogens (tertiary/aromatic N) is 2. The van der Waals surface area contributed by atoms with Crippen LogP contribution in [0.3, 0.4) is 0 Å². The van der Waals surface area contributed by atoms with Crippen LogP contribution in [0.4, 0.5) is 0 Å². The summed E-state index contributed by atoms with van der Waals surface area (Å²) in [6.45, 7) is 8.32. The van der Waals surface area contributed by atoms with Gasteiger partial charge in [-0.3, -0.25) is 4.98 Å². The third-order valence-electron chi connectivity index (χ3n) is 8.10. The molecule has 0 saturated heterocycles. The number of benzene rings is 2. The summed E-state index contributed by atoms with van der Waals surface area (Å²) in [7, 11) is -3.62. The average molecular weight is 577 g/mol. The number of pyridine rings is 1. The molecule has 2 aliphatic rings. The van der Waals surface area contributed by atoms with Crippen LogP contribution in [-0.2, 0) is 16.3 Å². The Bertz CT molecular complexity index is 1870. The molecule has 0 bridgehead atoms.